The van der Waals surface area contributed by atoms with E-state index in [2.05, 4.69) is 3.96 Å². The van der Waals surface area contributed by atoms with Crippen LogP contribution in [0.5, 0.6) is 0 Å². The summed E-state index contributed by atoms with van der Waals surface area (Å²) in [5.74, 6) is 0.793. The minimum atomic E-state index is -2.21. The minimum Gasteiger partial charge on any atom is -0.777 e. The van der Waals surface area contributed by atoms with Gasteiger partial charge in [-0.05, 0) is 11.1 Å². The zero-order valence-electron chi connectivity index (χ0n) is 21.3. The van der Waals surface area contributed by atoms with Crippen molar-refractivity contribution in [3.05, 3.63) is 169 Å². The third-order valence-electron chi connectivity index (χ3n) is 7.63. The number of fused-ring (bicyclic) bond motifs is 1. The topological polar surface area (TPSA) is 132 Å². The van der Waals surface area contributed by atoms with E-state index in [1.54, 1.807) is 36.4 Å². The molecule has 1 aliphatic heterocycles. The van der Waals surface area contributed by atoms with Gasteiger partial charge in [-0.15, -0.1) is 0 Å². The highest BCUT2D eigenvalue weighted by Gasteiger charge is 2.53. The zero-order valence-corrected chi connectivity index (χ0v) is 21.3. The van der Waals surface area contributed by atoms with E-state index in [0.29, 0.717) is 16.5 Å². The first-order valence-electron chi connectivity index (χ1n) is 12.6. The molecule has 2 heterocycles. The Morgan fingerprint density at radius 1 is 0.512 bits per heavy atom. The molecular weight excluding hydrogens is 525 g/mol. The molecule has 0 fully saturated rings. The quantitative estimate of drug-likeness (QED) is 0.110. The summed E-state index contributed by atoms with van der Waals surface area (Å²) in [5.41, 5.74) is 4.41. The maximum Gasteiger partial charge on any atom is 0.421 e. The van der Waals surface area contributed by atoms with Crippen molar-refractivity contribution in [2.75, 3.05) is 0 Å². The molecule has 0 amide bonds. The van der Waals surface area contributed by atoms with Gasteiger partial charge in [0.15, 0.2) is 6.26 Å². The van der Waals surface area contributed by atoms with Crippen LogP contribution in [-0.2, 0) is 0 Å². The average molecular weight is 545 g/mol. The van der Waals surface area contributed by atoms with Crippen LogP contribution in [-0.4, -0.2) is 21.1 Å². The Morgan fingerprint density at radius 3 is 1.44 bits per heavy atom. The largest absolute Gasteiger partial charge is 0.777 e. The molecular formula is C30H20BN3O7. The summed E-state index contributed by atoms with van der Waals surface area (Å²) in [7, 11) is 0. The first-order valence-corrected chi connectivity index (χ1v) is 12.6. The number of rotatable bonds is 7. The predicted molar refractivity (Wildman–Crippen MR) is 155 cm³/mol. The van der Waals surface area contributed by atoms with Crippen LogP contribution in [0.25, 0.3) is 11.0 Å². The maximum atomic E-state index is 11.5. The molecule has 5 aromatic rings. The van der Waals surface area contributed by atoms with Crippen LogP contribution in [0.4, 0.5) is 17.1 Å². The third kappa shape index (κ3) is 3.99. The lowest BCUT2D eigenvalue weighted by molar-refractivity contribution is -0.385. The van der Waals surface area contributed by atoms with E-state index < -0.39 is 21.1 Å². The molecule has 0 saturated carbocycles. The number of hydrogen-bond donors (Lipinski definition) is 0. The highest BCUT2D eigenvalue weighted by Crippen LogP contribution is 2.49. The first kappa shape index (κ1) is 25.4. The Morgan fingerprint density at radius 2 is 0.976 bits per heavy atom. The van der Waals surface area contributed by atoms with Crippen LogP contribution < -0.4 is 10.9 Å². The Kier molecular flexibility index (Phi) is 6.03. The van der Waals surface area contributed by atoms with Crippen molar-refractivity contribution in [3.8, 4) is 0 Å². The van der Waals surface area contributed by atoms with E-state index in [0.717, 1.165) is 22.4 Å². The number of nitrogens with zero attached hydrogens (tertiary/aromatic N) is 3. The molecule has 0 spiro atoms. The van der Waals surface area contributed by atoms with E-state index >= 15 is 0 Å². The molecule has 6 rings (SSSR count). The molecule has 10 nitrogen and oxygen atoms in total. The monoisotopic (exact) mass is 545 g/mol. The van der Waals surface area contributed by atoms with Crippen molar-refractivity contribution >= 4 is 45.4 Å². The van der Waals surface area contributed by atoms with Crippen LogP contribution in [0.3, 0.4) is 0 Å². The predicted octanol–water partition coefficient (Wildman–Crippen LogP) is 5.81. The molecule has 200 valence electrons. The Labute approximate surface area is 232 Å². The molecule has 1 aliphatic rings. The fourth-order valence-corrected chi connectivity index (χ4v) is 5.93. The Balaban J connectivity index is 1.76. The molecule has 11 heteroatoms. The number of hydrogen-bond acceptors (Lipinski definition) is 6. The van der Waals surface area contributed by atoms with Crippen molar-refractivity contribution in [2.24, 2.45) is 0 Å². The molecule has 0 radical (unpaired) electrons. The fourth-order valence-electron chi connectivity index (χ4n) is 5.93. The normalized spacial score (nSPS) is 13.6. The number of nitro benzene ring substituents is 3. The van der Waals surface area contributed by atoms with Gasteiger partial charge in [0.05, 0.1) is 14.8 Å². The summed E-state index contributed by atoms with van der Waals surface area (Å²) in [6, 6.07) is 32.2. The van der Waals surface area contributed by atoms with Gasteiger partial charge in [0.1, 0.15) is 0 Å². The zero-order chi connectivity index (χ0) is 28.7. The van der Waals surface area contributed by atoms with Gasteiger partial charge in [0.2, 0.25) is 5.76 Å². The highest BCUT2D eigenvalue weighted by atomic mass is 16.6. The minimum absolute atomic E-state index is 0.0651. The van der Waals surface area contributed by atoms with Crippen LogP contribution in [0, 0.1) is 30.3 Å². The lowest BCUT2D eigenvalue weighted by Gasteiger charge is -2.38. The van der Waals surface area contributed by atoms with Crippen LogP contribution in [0.2, 0.25) is 0 Å². The Hall–Kier alpha value is -5.84. The van der Waals surface area contributed by atoms with Gasteiger partial charge in [-0.2, -0.15) is 0 Å². The van der Waals surface area contributed by atoms with Crippen LogP contribution in [0.1, 0.15) is 16.9 Å². The van der Waals surface area contributed by atoms with Gasteiger partial charge in [0.25, 0.3) is 17.1 Å². The van der Waals surface area contributed by atoms with E-state index in [-0.39, 0.29) is 17.1 Å². The number of benzene rings is 4. The van der Waals surface area contributed by atoms with E-state index in [9.17, 15) is 30.3 Å². The Bertz CT molecular complexity index is 1790. The molecule has 0 N–H and O–H groups in total. The van der Waals surface area contributed by atoms with E-state index in [4.69, 9.17) is 0 Å². The van der Waals surface area contributed by atoms with Crippen molar-refractivity contribution in [2.45, 2.75) is 0 Å². The summed E-state index contributed by atoms with van der Waals surface area (Å²) in [6.45, 7) is 0. The smallest absolute Gasteiger partial charge is 0.421 e. The second-order valence-electron chi connectivity index (χ2n) is 9.67. The van der Waals surface area contributed by atoms with Crippen LogP contribution in [0.15, 0.2) is 125 Å². The van der Waals surface area contributed by atoms with Gasteiger partial charge < -0.3 is 3.96 Å². The highest BCUT2D eigenvalue weighted by molar-refractivity contribution is 7.13. The van der Waals surface area contributed by atoms with Crippen LogP contribution >= 0.6 is 0 Å². The summed E-state index contributed by atoms with van der Waals surface area (Å²) in [5, 5.41) is 34.5. The van der Waals surface area contributed by atoms with Gasteiger partial charge >= 0.3 is 6.35 Å². The van der Waals surface area contributed by atoms with Gasteiger partial charge in [-0.3, -0.25) is 30.3 Å². The SMILES string of the molecule is O=[N+]([O-])c1ccc(C2=C(c3ccccc3)c3ccc[o+]3[B-]2(c2ccc([N+](=O)[O-])cc2)c2ccc([N+](=O)[O-])cc2)cc1. The number of furan rings is 1. The molecule has 0 bridgehead atoms. The summed E-state index contributed by atoms with van der Waals surface area (Å²) in [6.07, 6.45) is -0.367. The molecule has 41 heavy (non-hydrogen) atoms. The summed E-state index contributed by atoms with van der Waals surface area (Å²) >= 11 is 0. The van der Waals surface area contributed by atoms with E-state index in [1.807, 2.05) is 48.7 Å². The second-order valence-corrected chi connectivity index (χ2v) is 9.67. The van der Waals surface area contributed by atoms with Gasteiger partial charge in [0, 0.05) is 54.1 Å². The maximum absolute atomic E-state index is 11.5. The van der Waals surface area contributed by atoms with Gasteiger partial charge in [-0.1, -0.05) is 83.1 Å². The molecule has 0 unspecified atom stereocenters. The lowest BCUT2D eigenvalue weighted by Crippen LogP contribution is -2.59. The third-order valence-corrected chi connectivity index (χ3v) is 7.63. The summed E-state index contributed by atoms with van der Waals surface area (Å²) in [4.78, 5) is 33.1. The standard InChI is InChI=1S/C30H20BN3O7/c35-32(36)25-14-8-22(9-15-25)30-29(21-5-2-1-3-6-21)28-7-4-20-41(28)31(30,23-10-16-26(17-11-23)33(37)38)24-12-18-27(19-13-24)34(39)40/h1-20H. The molecule has 4 aromatic carbocycles. The van der Waals surface area contributed by atoms with Crippen molar-refractivity contribution in [1.29, 1.82) is 0 Å². The van der Waals surface area contributed by atoms with Crippen molar-refractivity contribution in [3.63, 3.8) is 0 Å². The molecule has 1 aromatic heterocycles. The van der Waals surface area contributed by atoms with Crippen molar-refractivity contribution < 1.29 is 18.7 Å². The summed E-state index contributed by atoms with van der Waals surface area (Å²) < 4.78 is 3.27. The van der Waals surface area contributed by atoms with Gasteiger partial charge in [-0.25, -0.2) is 0 Å². The fraction of sp³-hybridized carbons (Fsp3) is 0. The molecule has 0 aliphatic carbocycles. The average Bonchev–Trinajstić information content (AvgIpc) is 3.58. The van der Waals surface area contributed by atoms with E-state index in [1.165, 1.54) is 36.4 Å². The molecule has 0 saturated heterocycles. The number of non-ortho nitro benzene ring substituents is 3. The number of nitro groups is 3. The second kappa shape index (κ2) is 9.72. The lowest BCUT2D eigenvalue weighted by atomic mass is 9.27. The first-order chi connectivity index (χ1) is 19.8. The van der Waals surface area contributed by atoms with Crippen molar-refractivity contribution in [1.82, 2.24) is 0 Å². The molecule has 0 atom stereocenters.